The lowest BCUT2D eigenvalue weighted by atomic mass is 10.00. The quantitative estimate of drug-likeness (QED) is 0.438. The molecule has 1 fully saturated rings. The topological polar surface area (TPSA) is 109 Å². The van der Waals surface area contributed by atoms with Crippen molar-refractivity contribution in [3.63, 3.8) is 0 Å². The van der Waals surface area contributed by atoms with Gasteiger partial charge >= 0.3 is 5.69 Å². The summed E-state index contributed by atoms with van der Waals surface area (Å²) in [5, 5.41) is 13.1. The molecule has 0 aromatic carbocycles. The Labute approximate surface area is 117 Å². The zero-order chi connectivity index (χ0) is 14.7. The first kappa shape index (κ1) is 14.5. The van der Waals surface area contributed by atoms with Gasteiger partial charge in [0.25, 0.3) is 0 Å². The number of rotatable bonds is 4. The zero-order valence-corrected chi connectivity index (χ0v) is 11.7. The van der Waals surface area contributed by atoms with Crippen LogP contribution in [0.4, 0.5) is 17.3 Å². The Morgan fingerprint density at radius 2 is 2.05 bits per heavy atom. The van der Waals surface area contributed by atoms with Crippen LogP contribution in [0.15, 0.2) is 12.1 Å². The molecule has 0 spiro atoms. The van der Waals surface area contributed by atoms with Crippen LogP contribution in [0.3, 0.4) is 0 Å². The van der Waals surface area contributed by atoms with Crippen molar-refractivity contribution >= 4 is 17.3 Å². The number of nitrogens with one attached hydrogen (secondary N) is 2. The average molecular weight is 280 g/mol. The van der Waals surface area contributed by atoms with Crippen molar-refractivity contribution < 1.29 is 4.92 Å². The highest BCUT2D eigenvalue weighted by Gasteiger charge is 2.27. The van der Waals surface area contributed by atoms with E-state index in [1.807, 2.05) is 5.01 Å². The molecule has 2 atom stereocenters. The third kappa shape index (κ3) is 2.97. The molecule has 8 heteroatoms. The van der Waals surface area contributed by atoms with Crippen molar-refractivity contribution in [1.82, 2.24) is 9.99 Å². The van der Waals surface area contributed by atoms with E-state index in [-0.39, 0.29) is 11.5 Å². The number of nitrogens with zero attached hydrogens (tertiary/aromatic N) is 3. The molecule has 0 amide bonds. The second kappa shape index (κ2) is 6.02. The van der Waals surface area contributed by atoms with Crippen LogP contribution in [0, 0.1) is 10.1 Å². The zero-order valence-electron chi connectivity index (χ0n) is 11.7. The largest absolute Gasteiger partial charge is 0.312 e. The molecule has 8 nitrogen and oxygen atoms in total. The number of aromatic nitrogens is 1. The molecular weight excluding hydrogens is 260 g/mol. The fourth-order valence-corrected chi connectivity index (χ4v) is 2.53. The Bertz CT molecular complexity index is 485. The fraction of sp³-hybridized carbons (Fsp3) is 0.583. The number of hydrogen-bond donors (Lipinski definition) is 3. The Morgan fingerprint density at radius 1 is 1.40 bits per heavy atom. The number of hydrazine groups is 2. The summed E-state index contributed by atoms with van der Waals surface area (Å²) in [7, 11) is 0. The van der Waals surface area contributed by atoms with E-state index in [1.165, 1.54) is 18.6 Å². The van der Waals surface area contributed by atoms with Crippen molar-refractivity contribution in [2.75, 3.05) is 10.9 Å². The van der Waals surface area contributed by atoms with Gasteiger partial charge in [-0.2, -0.15) is 0 Å². The maximum Gasteiger partial charge on any atom is 0.312 e. The van der Waals surface area contributed by atoms with E-state index >= 15 is 0 Å². The molecule has 1 aliphatic rings. The summed E-state index contributed by atoms with van der Waals surface area (Å²) in [5.41, 5.74) is 5.43. The van der Waals surface area contributed by atoms with Gasteiger partial charge in [0.05, 0.1) is 4.92 Å². The molecule has 0 aliphatic carbocycles. The lowest BCUT2D eigenvalue weighted by Crippen LogP contribution is -2.47. The van der Waals surface area contributed by atoms with Crippen LogP contribution >= 0.6 is 0 Å². The van der Waals surface area contributed by atoms with E-state index in [0.29, 0.717) is 17.9 Å². The molecule has 2 heterocycles. The minimum Gasteiger partial charge on any atom is -0.308 e. The van der Waals surface area contributed by atoms with Gasteiger partial charge in [0, 0.05) is 18.2 Å². The first-order valence-electron chi connectivity index (χ1n) is 6.70. The molecule has 0 bridgehead atoms. The highest BCUT2D eigenvalue weighted by Crippen LogP contribution is 2.28. The Balaban J connectivity index is 2.28. The van der Waals surface area contributed by atoms with Gasteiger partial charge in [0.1, 0.15) is 5.82 Å². The van der Waals surface area contributed by atoms with E-state index in [1.54, 1.807) is 0 Å². The molecule has 110 valence electrons. The first-order valence-corrected chi connectivity index (χ1v) is 6.70. The average Bonchev–Trinajstić information content (AvgIpc) is 2.42. The van der Waals surface area contributed by atoms with Gasteiger partial charge in [0.15, 0.2) is 0 Å². The number of hydrogen-bond acceptors (Lipinski definition) is 7. The number of nitrogen functional groups attached to an aromatic ring is 1. The second-order valence-corrected chi connectivity index (χ2v) is 5.11. The van der Waals surface area contributed by atoms with Gasteiger partial charge < -0.3 is 5.43 Å². The monoisotopic (exact) mass is 280 g/mol. The van der Waals surface area contributed by atoms with Crippen LogP contribution in [0.1, 0.15) is 33.1 Å². The molecular formula is C12H20N6O2. The predicted molar refractivity (Wildman–Crippen MR) is 76.9 cm³/mol. The maximum atomic E-state index is 11.1. The lowest BCUT2D eigenvalue weighted by Gasteiger charge is -2.38. The summed E-state index contributed by atoms with van der Waals surface area (Å²) in [6, 6.07) is 3.47. The summed E-state index contributed by atoms with van der Waals surface area (Å²) >= 11 is 0. The molecule has 0 radical (unpaired) electrons. The van der Waals surface area contributed by atoms with Gasteiger partial charge in [-0.25, -0.2) is 15.8 Å². The minimum absolute atomic E-state index is 0.0611. The maximum absolute atomic E-state index is 11.1. The molecule has 4 N–H and O–H groups in total. The van der Waals surface area contributed by atoms with Gasteiger partial charge in [0.2, 0.25) is 5.82 Å². The fourth-order valence-electron chi connectivity index (χ4n) is 2.53. The molecule has 1 aliphatic heterocycles. The van der Waals surface area contributed by atoms with E-state index < -0.39 is 4.92 Å². The van der Waals surface area contributed by atoms with E-state index in [4.69, 9.17) is 5.84 Å². The summed E-state index contributed by atoms with van der Waals surface area (Å²) < 4.78 is 0. The Kier molecular flexibility index (Phi) is 4.35. The lowest BCUT2D eigenvalue weighted by molar-refractivity contribution is -0.384. The molecule has 1 aromatic rings. The van der Waals surface area contributed by atoms with E-state index in [9.17, 15) is 10.1 Å². The van der Waals surface area contributed by atoms with Crippen LogP contribution < -0.4 is 16.7 Å². The second-order valence-electron chi connectivity index (χ2n) is 5.11. The van der Waals surface area contributed by atoms with Crippen LogP contribution in [-0.2, 0) is 0 Å². The molecule has 2 rings (SSSR count). The third-order valence-electron chi connectivity index (χ3n) is 3.65. The van der Waals surface area contributed by atoms with Crippen molar-refractivity contribution in [2.45, 2.75) is 45.2 Å². The standard InChI is InChI=1S/C12H20N6O2/c1-8-4-3-5-9(2)17(8)16-12-10(18(19)20)6-7-11(14-12)15-13/h6-9H,3-5,13H2,1-2H3,(H2,14,15,16). The number of pyridine rings is 1. The Hall–Kier alpha value is -1.93. The number of nitrogens with two attached hydrogens (primary N) is 1. The van der Waals surface area contributed by atoms with Crippen LogP contribution in [0.5, 0.6) is 0 Å². The highest BCUT2D eigenvalue weighted by molar-refractivity contribution is 5.59. The minimum atomic E-state index is -0.449. The van der Waals surface area contributed by atoms with Gasteiger partial charge in [-0.15, -0.1) is 0 Å². The predicted octanol–water partition coefficient (Wildman–Crippen LogP) is 1.87. The van der Waals surface area contributed by atoms with Crippen LogP contribution in [0.2, 0.25) is 0 Å². The molecule has 2 unspecified atom stereocenters. The molecule has 20 heavy (non-hydrogen) atoms. The smallest absolute Gasteiger partial charge is 0.308 e. The first-order chi connectivity index (χ1) is 9.52. The molecule has 1 saturated heterocycles. The number of piperidine rings is 1. The molecule has 0 saturated carbocycles. The summed E-state index contributed by atoms with van der Waals surface area (Å²) in [4.78, 5) is 14.8. The van der Waals surface area contributed by atoms with Crippen molar-refractivity contribution in [2.24, 2.45) is 5.84 Å². The summed E-state index contributed by atoms with van der Waals surface area (Å²) in [6.07, 6.45) is 3.28. The van der Waals surface area contributed by atoms with Gasteiger partial charge in [-0.1, -0.05) is 6.42 Å². The van der Waals surface area contributed by atoms with E-state index in [2.05, 4.69) is 29.7 Å². The SMILES string of the molecule is CC1CCCC(C)N1Nc1nc(NN)ccc1[N+](=O)[O-]. The molecule has 1 aromatic heterocycles. The van der Waals surface area contributed by atoms with Gasteiger partial charge in [-0.3, -0.25) is 15.5 Å². The van der Waals surface area contributed by atoms with Gasteiger partial charge in [-0.05, 0) is 32.8 Å². The number of anilines is 2. The Morgan fingerprint density at radius 3 is 2.60 bits per heavy atom. The third-order valence-corrected chi connectivity index (χ3v) is 3.65. The van der Waals surface area contributed by atoms with Crippen molar-refractivity contribution in [3.05, 3.63) is 22.2 Å². The van der Waals surface area contributed by atoms with Crippen LogP contribution in [0.25, 0.3) is 0 Å². The summed E-state index contributed by atoms with van der Waals surface area (Å²) in [5.74, 6) is 5.91. The highest BCUT2D eigenvalue weighted by atomic mass is 16.6. The van der Waals surface area contributed by atoms with E-state index in [0.717, 1.165) is 12.8 Å². The van der Waals surface area contributed by atoms with Crippen molar-refractivity contribution in [1.29, 1.82) is 0 Å². The number of nitro groups is 1. The van der Waals surface area contributed by atoms with Crippen LogP contribution in [-0.4, -0.2) is 27.0 Å². The normalized spacial score (nSPS) is 23.4. The summed E-state index contributed by atoms with van der Waals surface area (Å²) in [6.45, 7) is 4.19. The van der Waals surface area contributed by atoms with Crippen molar-refractivity contribution in [3.8, 4) is 0 Å².